The first-order chi connectivity index (χ1) is 7.32. The van der Waals surface area contributed by atoms with Crippen LogP contribution in [0.3, 0.4) is 0 Å². The Morgan fingerprint density at radius 2 is 1.88 bits per heavy atom. The molecule has 0 aromatic carbocycles. The summed E-state index contributed by atoms with van der Waals surface area (Å²) < 4.78 is 0. The summed E-state index contributed by atoms with van der Waals surface area (Å²) in [6.07, 6.45) is 2.03. The highest BCUT2D eigenvalue weighted by atomic mass is 16.2. The van der Waals surface area contributed by atoms with E-state index in [4.69, 9.17) is 0 Å². The quantitative estimate of drug-likeness (QED) is 0.782. The lowest BCUT2D eigenvalue weighted by atomic mass is 10.1. The number of amides is 2. The number of nitrogens with zero attached hydrogens (tertiary/aromatic N) is 1. The van der Waals surface area contributed by atoms with E-state index in [0.717, 1.165) is 12.8 Å². The van der Waals surface area contributed by atoms with Crippen molar-refractivity contribution in [2.45, 2.75) is 46.1 Å². The third-order valence-corrected chi connectivity index (χ3v) is 2.77. The largest absolute Gasteiger partial charge is 0.354 e. The molecule has 1 N–H and O–H groups in total. The molecule has 4 heteroatoms. The van der Waals surface area contributed by atoms with Crippen LogP contribution in [0, 0.1) is 5.92 Å². The van der Waals surface area contributed by atoms with Crippen LogP contribution < -0.4 is 5.32 Å². The molecule has 1 saturated carbocycles. The van der Waals surface area contributed by atoms with Crippen LogP contribution >= 0.6 is 0 Å². The summed E-state index contributed by atoms with van der Waals surface area (Å²) in [4.78, 5) is 24.6. The van der Waals surface area contributed by atoms with E-state index in [-0.39, 0.29) is 23.3 Å². The van der Waals surface area contributed by atoms with Gasteiger partial charge in [0.05, 0.1) is 0 Å². The van der Waals surface area contributed by atoms with E-state index >= 15 is 0 Å². The van der Waals surface area contributed by atoms with Crippen molar-refractivity contribution in [1.29, 1.82) is 0 Å². The molecule has 1 aliphatic carbocycles. The molecule has 1 rings (SSSR count). The highest BCUT2D eigenvalue weighted by Gasteiger charge is 2.29. The Bertz CT molecular complexity index is 277. The number of carbonyl (C=O) groups excluding carboxylic acids is 2. The molecule has 0 heterocycles. The van der Waals surface area contributed by atoms with Gasteiger partial charge >= 0.3 is 0 Å². The molecule has 1 fully saturated rings. The Labute approximate surface area is 97.4 Å². The van der Waals surface area contributed by atoms with Crippen molar-refractivity contribution < 1.29 is 9.59 Å². The maximum atomic E-state index is 11.4. The van der Waals surface area contributed by atoms with Gasteiger partial charge in [0.2, 0.25) is 11.8 Å². The normalized spacial score (nSPS) is 15.8. The van der Waals surface area contributed by atoms with Crippen LogP contribution in [0.15, 0.2) is 0 Å². The van der Waals surface area contributed by atoms with Crippen molar-refractivity contribution in [3.63, 3.8) is 0 Å². The van der Waals surface area contributed by atoms with Gasteiger partial charge in [-0.1, -0.05) is 0 Å². The van der Waals surface area contributed by atoms with Crippen molar-refractivity contribution in [3.8, 4) is 0 Å². The van der Waals surface area contributed by atoms with Gasteiger partial charge in [-0.3, -0.25) is 9.59 Å². The van der Waals surface area contributed by atoms with Crippen LogP contribution in [0.4, 0.5) is 0 Å². The van der Waals surface area contributed by atoms with Crippen molar-refractivity contribution in [2.75, 3.05) is 13.1 Å². The number of carbonyl (C=O) groups is 2. The lowest BCUT2D eigenvalue weighted by molar-refractivity contribution is -0.134. The zero-order valence-electron chi connectivity index (χ0n) is 10.7. The number of hydrogen-bond donors (Lipinski definition) is 1. The highest BCUT2D eigenvalue weighted by Crippen LogP contribution is 2.28. The second kappa shape index (κ2) is 4.85. The summed E-state index contributed by atoms with van der Waals surface area (Å²) in [7, 11) is 0. The Morgan fingerprint density at radius 1 is 1.31 bits per heavy atom. The second-order valence-corrected chi connectivity index (χ2v) is 5.41. The molecular weight excluding hydrogens is 204 g/mol. The molecule has 16 heavy (non-hydrogen) atoms. The fourth-order valence-electron chi connectivity index (χ4n) is 1.75. The molecule has 1 aliphatic rings. The van der Waals surface area contributed by atoms with Crippen LogP contribution in [0.5, 0.6) is 0 Å². The van der Waals surface area contributed by atoms with E-state index in [1.54, 1.807) is 11.8 Å². The van der Waals surface area contributed by atoms with Gasteiger partial charge in [-0.05, 0) is 33.6 Å². The van der Waals surface area contributed by atoms with Gasteiger partial charge in [0.1, 0.15) is 0 Å². The van der Waals surface area contributed by atoms with E-state index in [0.29, 0.717) is 13.1 Å². The Hall–Kier alpha value is -1.06. The Kier molecular flexibility index (Phi) is 3.94. The second-order valence-electron chi connectivity index (χ2n) is 5.41. The minimum absolute atomic E-state index is 0.0492. The smallest absolute Gasteiger partial charge is 0.223 e. The standard InChI is InChI=1S/C12H22N2O2/c1-9(15)14(12(2,3)4)8-7-13-11(16)10-5-6-10/h10H,5-8H2,1-4H3,(H,13,16). The lowest BCUT2D eigenvalue weighted by Crippen LogP contribution is -2.48. The maximum absolute atomic E-state index is 11.4. The van der Waals surface area contributed by atoms with Crippen molar-refractivity contribution in [3.05, 3.63) is 0 Å². The molecule has 0 aromatic rings. The Balaban J connectivity index is 2.32. The van der Waals surface area contributed by atoms with E-state index in [1.165, 1.54) is 0 Å². The average Bonchev–Trinajstić information content (AvgIpc) is 2.91. The summed E-state index contributed by atoms with van der Waals surface area (Å²) in [5.41, 5.74) is -0.184. The molecule has 0 bridgehead atoms. The number of nitrogens with one attached hydrogen (secondary N) is 1. The van der Waals surface area contributed by atoms with Crippen LogP contribution in [-0.2, 0) is 9.59 Å². The van der Waals surface area contributed by atoms with Gasteiger partial charge < -0.3 is 10.2 Å². The number of hydrogen-bond acceptors (Lipinski definition) is 2. The fourth-order valence-corrected chi connectivity index (χ4v) is 1.75. The molecular formula is C12H22N2O2. The molecule has 0 spiro atoms. The minimum atomic E-state index is -0.184. The van der Waals surface area contributed by atoms with Gasteiger partial charge in [0.25, 0.3) is 0 Å². The predicted molar refractivity (Wildman–Crippen MR) is 62.9 cm³/mol. The molecule has 92 valence electrons. The minimum Gasteiger partial charge on any atom is -0.354 e. The van der Waals surface area contributed by atoms with Gasteiger partial charge in [0.15, 0.2) is 0 Å². The topological polar surface area (TPSA) is 49.4 Å². The first kappa shape index (κ1) is 13.0. The van der Waals surface area contributed by atoms with Crippen LogP contribution in [-0.4, -0.2) is 35.3 Å². The van der Waals surface area contributed by atoms with Crippen LogP contribution in [0.2, 0.25) is 0 Å². The molecule has 4 nitrogen and oxygen atoms in total. The SMILES string of the molecule is CC(=O)N(CCNC(=O)C1CC1)C(C)(C)C. The summed E-state index contributed by atoms with van der Waals surface area (Å²) in [5, 5.41) is 2.87. The summed E-state index contributed by atoms with van der Waals surface area (Å²) >= 11 is 0. The predicted octanol–water partition coefficient (Wildman–Crippen LogP) is 1.16. The zero-order valence-corrected chi connectivity index (χ0v) is 10.7. The van der Waals surface area contributed by atoms with Gasteiger partial charge in [-0.25, -0.2) is 0 Å². The first-order valence-electron chi connectivity index (χ1n) is 5.88. The van der Waals surface area contributed by atoms with Crippen LogP contribution in [0.1, 0.15) is 40.5 Å². The van der Waals surface area contributed by atoms with Gasteiger partial charge in [-0.2, -0.15) is 0 Å². The molecule has 0 atom stereocenters. The Morgan fingerprint density at radius 3 is 2.25 bits per heavy atom. The number of rotatable bonds is 4. The fraction of sp³-hybridized carbons (Fsp3) is 0.833. The third-order valence-electron chi connectivity index (χ3n) is 2.77. The van der Waals surface area contributed by atoms with Gasteiger partial charge in [-0.15, -0.1) is 0 Å². The zero-order chi connectivity index (χ0) is 12.3. The van der Waals surface area contributed by atoms with E-state index in [1.807, 2.05) is 20.8 Å². The molecule has 0 radical (unpaired) electrons. The van der Waals surface area contributed by atoms with E-state index in [9.17, 15) is 9.59 Å². The van der Waals surface area contributed by atoms with Crippen molar-refractivity contribution in [2.24, 2.45) is 5.92 Å². The molecule has 0 aromatic heterocycles. The summed E-state index contributed by atoms with van der Waals surface area (Å²) in [6.45, 7) is 8.68. The van der Waals surface area contributed by atoms with E-state index in [2.05, 4.69) is 5.32 Å². The van der Waals surface area contributed by atoms with E-state index < -0.39 is 0 Å². The highest BCUT2D eigenvalue weighted by molar-refractivity contribution is 5.80. The summed E-state index contributed by atoms with van der Waals surface area (Å²) in [6, 6.07) is 0. The van der Waals surface area contributed by atoms with Crippen molar-refractivity contribution >= 4 is 11.8 Å². The third kappa shape index (κ3) is 3.83. The maximum Gasteiger partial charge on any atom is 0.223 e. The molecule has 0 saturated heterocycles. The lowest BCUT2D eigenvalue weighted by Gasteiger charge is -2.35. The van der Waals surface area contributed by atoms with Gasteiger partial charge in [0, 0.05) is 31.5 Å². The summed E-state index contributed by atoms with van der Waals surface area (Å²) in [5.74, 6) is 0.422. The molecule has 0 aliphatic heterocycles. The average molecular weight is 226 g/mol. The monoisotopic (exact) mass is 226 g/mol. The van der Waals surface area contributed by atoms with Crippen LogP contribution in [0.25, 0.3) is 0 Å². The first-order valence-corrected chi connectivity index (χ1v) is 5.88. The molecule has 0 unspecified atom stereocenters. The van der Waals surface area contributed by atoms with Crippen molar-refractivity contribution in [1.82, 2.24) is 10.2 Å². The molecule has 2 amide bonds.